The van der Waals surface area contributed by atoms with E-state index in [2.05, 4.69) is 35.6 Å². The van der Waals surface area contributed by atoms with Crippen molar-refractivity contribution in [1.29, 1.82) is 0 Å². The molecule has 2 aromatic rings. The predicted molar refractivity (Wildman–Crippen MR) is 82.2 cm³/mol. The number of methoxy groups -OCH3 is 1. The molecular formula is C18H19NO2. The van der Waals surface area contributed by atoms with Crippen molar-refractivity contribution >= 4 is 5.97 Å². The quantitative estimate of drug-likeness (QED) is 0.856. The summed E-state index contributed by atoms with van der Waals surface area (Å²) >= 11 is 0. The monoisotopic (exact) mass is 281 g/mol. The number of hydrogen-bond acceptors (Lipinski definition) is 3. The molecular weight excluding hydrogens is 262 g/mol. The van der Waals surface area contributed by atoms with Crippen LogP contribution in [0.5, 0.6) is 0 Å². The Morgan fingerprint density at radius 3 is 2.52 bits per heavy atom. The molecule has 3 heteroatoms. The van der Waals surface area contributed by atoms with Crippen molar-refractivity contribution in [3.05, 3.63) is 71.3 Å². The van der Waals surface area contributed by atoms with Gasteiger partial charge in [0, 0.05) is 18.5 Å². The van der Waals surface area contributed by atoms with Crippen molar-refractivity contribution in [3.63, 3.8) is 0 Å². The smallest absolute Gasteiger partial charge is 0.337 e. The molecule has 0 radical (unpaired) electrons. The largest absolute Gasteiger partial charge is 0.465 e. The van der Waals surface area contributed by atoms with Crippen LogP contribution in [-0.2, 0) is 11.3 Å². The van der Waals surface area contributed by atoms with E-state index in [1.807, 2.05) is 24.3 Å². The number of esters is 1. The van der Waals surface area contributed by atoms with Gasteiger partial charge < -0.3 is 10.1 Å². The molecule has 1 saturated carbocycles. The lowest BCUT2D eigenvalue weighted by atomic mass is 10.1. The highest BCUT2D eigenvalue weighted by molar-refractivity contribution is 5.89. The van der Waals surface area contributed by atoms with Crippen LogP contribution in [0.4, 0.5) is 0 Å². The third-order valence-electron chi connectivity index (χ3n) is 3.96. The molecule has 2 unspecified atom stereocenters. The van der Waals surface area contributed by atoms with Crippen LogP contribution >= 0.6 is 0 Å². The van der Waals surface area contributed by atoms with Crippen molar-refractivity contribution < 1.29 is 9.53 Å². The SMILES string of the molecule is COC(=O)c1ccc(CNC2CC2c2ccccc2)cc1. The third kappa shape index (κ3) is 3.31. The van der Waals surface area contributed by atoms with E-state index in [0.29, 0.717) is 17.5 Å². The molecule has 2 atom stereocenters. The molecule has 0 aliphatic heterocycles. The fourth-order valence-electron chi connectivity index (χ4n) is 2.61. The van der Waals surface area contributed by atoms with Gasteiger partial charge in [0.25, 0.3) is 0 Å². The Morgan fingerprint density at radius 1 is 1.14 bits per heavy atom. The van der Waals surface area contributed by atoms with E-state index in [1.54, 1.807) is 0 Å². The molecule has 0 spiro atoms. The van der Waals surface area contributed by atoms with Crippen LogP contribution in [0, 0.1) is 0 Å². The van der Waals surface area contributed by atoms with Crippen molar-refractivity contribution in [3.8, 4) is 0 Å². The second-order valence-corrected chi connectivity index (χ2v) is 5.43. The highest BCUT2D eigenvalue weighted by atomic mass is 16.5. The standard InChI is InChI=1S/C18H19NO2/c1-21-18(20)15-9-7-13(8-10-15)12-19-17-11-16(17)14-5-3-2-4-6-14/h2-10,16-17,19H,11-12H2,1H3. The summed E-state index contributed by atoms with van der Waals surface area (Å²) in [7, 11) is 1.40. The van der Waals surface area contributed by atoms with Gasteiger partial charge in [-0.3, -0.25) is 0 Å². The van der Waals surface area contributed by atoms with Crippen LogP contribution in [0.25, 0.3) is 0 Å². The molecule has 0 bridgehead atoms. The molecule has 3 rings (SSSR count). The number of carbonyl (C=O) groups is 1. The fourth-order valence-corrected chi connectivity index (χ4v) is 2.61. The minimum atomic E-state index is -0.291. The number of ether oxygens (including phenoxy) is 1. The Kier molecular flexibility index (Phi) is 4.02. The van der Waals surface area contributed by atoms with Crippen LogP contribution in [0.3, 0.4) is 0 Å². The van der Waals surface area contributed by atoms with E-state index in [9.17, 15) is 4.79 Å². The third-order valence-corrected chi connectivity index (χ3v) is 3.96. The molecule has 0 amide bonds. The summed E-state index contributed by atoms with van der Waals surface area (Å²) in [6.45, 7) is 0.829. The maximum Gasteiger partial charge on any atom is 0.337 e. The first-order valence-corrected chi connectivity index (χ1v) is 7.23. The van der Waals surface area contributed by atoms with E-state index in [-0.39, 0.29) is 5.97 Å². The second-order valence-electron chi connectivity index (χ2n) is 5.43. The maximum atomic E-state index is 11.4. The lowest BCUT2D eigenvalue weighted by Crippen LogP contribution is -2.17. The average Bonchev–Trinajstić information content (AvgIpc) is 3.33. The lowest BCUT2D eigenvalue weighted by Gasteiger charge is -2.06. The van der Waals surface area contributed by atoms with E-state index in [0.717, 1.165) is 6.54 Å². The highest BCUT2D eigenvalue weighted by Crippen LogP contribution is 2.40. The topological polar surface area (TPSA) is 38.3 Å². The van der Waals surface area contributed by atoms with Crippen LogP contribution in [0.2, 0.25) is 0 Å². The number of benzene rings is 2. The van der Waals surface area contributed by atoms with Crippen LogP contribution in [0.15, 0.2) is 54.6 Å². The van der Waals surface area contributed by atoms with Crippen LogP contribution in [0.1, 0.15) is 33.8 Å². The lowest BCUT2D eigenvalue weighted by molar-refractivity contribution is 0.0600. The van der Waals surface area contributed by atoms with Crippen LogP contribution in [-0.4, -0.2) is 19.1 Å². The predicted octanol–water partition coefficient (Wildman–Crippen LogP) is 3.12. The molecule has 0 heterocycles. The number of hydrogen-bond donors (Lipinski definition) is 1. The summed E-state index contributed by atoms with van der Waals surface area (Å²) in [6, 6.07) is 18.7. The van der Waals surface area contributed by atoms with Gasteiger partial charge in [-0.1, -0.05) is 42.5 Å². The number of carbonyl (C=O) groups excluding carboxylic acids is 1. The molecule has 108 valence electrons. The zero-order valence-electron chi connectivity index (χ0n) is 12.1. The van der Waals surface area contributed by atoms with E-state index in [1.165, 1.54) is 24.7 Å². The first-order chi connectivity index (χ1) is 10.3. The van der Waals surface area contributed by atoms with E-state index in [4.69, 9.17) is 4.74 Å². The first-order valence-electron chi connectivity index (χ1n) is 7.23. The zero-order chi connectivity index (χ0) is 14.7. The Labute approximate surface area is 124 Å². The van der Waals surface area contributed by atoms with Crippen molar-refractivity contribution in [2.45, 2.75) is 24.9 Å². The normalized spacial score (nSPS) is 20.0. The van der Waals surface area contributed by atoms with Gasteiger partial charge in [-0.25, -0.2) is 4.79 Å². The second kappa shape index (κ2) is 6.10. The van der Waals surface area contributed by atoms with Crippen molar-refractivity contribution in [2.24, 2.45) is 0 Å². The average molecular weight is 281 g/mol. The maximum absolute atomic E-state index is 11.4. The Morgan fingerprint density at radius 2 is 1.86 bits per heavy atom. The van der Waals surface area contributed by atoms with E-state index >= 15 is 0 Å². The van der Waals surface area contributed by atoms with Crippen molar-refractivity contribution in [2.75, 3.05) is 7.11 Å². The van der Waals surface area contributed by atoms with Gasteiger partial charge >= 0.3 is 5.97 Å². The van der Waals surface area contributed by atoms with Gasteiger partial charge in [-0.15, -0.1) is 0 Å². The van der Waals surface area contributed by atoms with Crippen molar-refractivity contribution in [1.82, 2.24) is 5.32 Å². The number of nitrogens with one attached hydrogen (secondary N) is 1. The molecule has 1 aliphatic rings. The van der Waals surface area contributed by atoms with Gasteiger partial charge in [0.15, 0.2) is 0 Å². The molecule has 1 N–H and O–H groups in total. The fraction of sp³-hybridized carbons (Fsp3) is 0.278. The Hall–Kier alpha value is -2.13. The highest BCUT2D eigenvalue weighted by Gasteiger charge is 2.37. The summed E-state index contributed by atoms with van der Waals surface area (Å²) in [6.07, 6.45) is 1.20. The van der Waals surface area contributed by atoms with Gasteiger partial charge in [-0.2, -0.15) is 0 Å². The zero-order valence-corrected chi connectivity index (χ0v) is 12.1. The Bertz CT molecular complexity index is 607. The van der Waals surface area contributed by atoms with Gasteiger partial charge in [0.2, 0.25) is 0 Å². The minimum absolute atomic E-state index is 0.291. The van der Waals surface area contributed by atoms with Gasteiger partial charge in [0.05, 0.1) is 12.7 Å². The summed E-state index contributed by atoms with van der Waals surface area (Å²) < 4.78 is 4.69. The van der Waals surface area contributed by atoms with Crippen LogP contribution < -0.4 is 5.32 Å². The first kappa shape index (κ1) is 13.8. The summed E-state index contributed by atoms with van der Waals surface area (Å²) in [4.78, 5) is 11.4. The molecule has 0 aromatic heterocycles. The molecule has 21 heavy (non-hydrogen) atoms. The van der Waals surface area contributed by atoms with E-state index < -0.39 is 0 Å². The Balaban J connectivity index is 1.52. The summed E-state index contributed by atoms with van der Waals surface area (Å²) in [5.41, 5.74) is 3.19. The molecule has 3 nitrogen and oxygen atoms in total. The van der Waals surface area contributed by atoms with Gasteiger partial charge in [0.1, 0.15) is 0 Å². The molecule has 2 aromatic carbocycles. The number of rotatable bonds is 5. The van der Waals surface area contributed by atoms with Gasteiger partial charge in [-0.05, 0) is 29.7 Å². The molecule has 1 fully saturated rings. The molecule has 0 saturated heterocycles. The minimum Gasteiger partial charge on any atom is -0.465 e. The summed E-state index contributed by atoms with van der Waals surface area (Å²) in [5, 5.41) is 3.57. The summed E-state index contributed by atoms with van der Waals surface area (Å²) in [5.74, 6) is 0.349. The molecule has 1 aliphatic carbocycles.